The van der Waals surface area contributed by atoms with Crippen LogP contribution >= 0.6 is 0 Å². The molecule has 2 aromatic rings. The standard InChI is InChI=1S/C12H19N5O2S/c1-4-12(2,3)16-20(18,19)11-10(15-13)14-9-7-5-6-8-17(9)11/h5-8,15-16H,4,13H2,1-3H3. The number of nitrogens with one attached hydrogen (secondary N) is 2. The predicted octanol–water partition coefficient (Wildman–Crippen LogP) is 1.09. The molecule has 0 fully saturated rings. The maximum atomic E-state index is 12.6. The zero-order chi connectivity index (χ0) is 15.0. The smallest absolute Gasteiger partial charge is 0.260 e. The summed E-state index contributed by atoms with van der Waals surface area (Å²) in [7, 11) is -3.75. The van der Waals surface area contributed by atoms with Crippen LogP contribution in [-0.4, -0.2) is 23.3 Å². The van der Waals surface area contributed by atoms with Crippen molar-refractivity contribution in [2.24, 2.45) is 5.84 Å². The second kappa shape index (κ2) is 5.04. The van der Waals surface area contributed by atoms with Gasteiger partial charge in [0, 0.05) is 11.7 Å². The summed E-state index contributed by atoms with van der Waals surface area (Å²) >= 11 is 0. The lowest BCUT2D eigenvalue weighted by molar-refractivity contribution is 0.438. The molecule has 0 saturated carbocycles. The summed E-state index contributed by atoms with van der Waals surface area (Å²) < 4.78 is 29.3. The Morgan fingerprint density at radius 3 is 2.70 bits per heavy atom. The van der Waals surface area contributed by atoms with E-state index in [-0.39, 0.29) is 10.8 Å². The Morgan fingerprint density at radius 1 is 1.40 bits per heavy atom. The molecule has 0 saturated heterocycles. The van der Waals surface area contributed by atoms with E-state index in [9.17, 15) is 8.42 Å². The van der Waals surface area contributed by atoms with Gasteiger partial charge in [-0.1, -0.05) is 13.0 Å². The Bertz CT molecular complexity index is 721. The van der Waals surface area contributed by atoms with E-state index >= 15 is 0 Å². The van der Waals surface area contributed by atoms with Crippen LogP contribution in [0.5, 0.6) is 0 Å². The maximum absolute atomic E-state index is 12.6. The number of sulfonamides is 1. The Kier molecular flexibility index (Phi) is 3.72. The molecule has 2 rings (SSSR count). The summed E-state index contributed by atoms with van der Waals surface area (Å²) in [6.07, 6.45) is 2.30. The first kappa shape index (κ1) is 14.8. The van der Waals surface area contributed by atoms with Crippen molar-refractivity contribution in [3.05, 3.63) is 24.4 Å². The third-order valence-corrected chi connectivity index (χ3v) is 4.89. The monoisotopic (exact) mass is 297 g/mol. The largest absolute Gasteiger partial charge is 0.306 e. The Hall–Kier alpha value is -1.64. The minimum absolute atomic E-state index is 0.0112. The minimum atomic E-state index is -3.75. The van der Waals surface area contributed by atoms with E-state index in [0.29, 0.717) is 12.1 Å². The molecule has 0 aromatic carbocycles. The quantitative estimate of drug-likeness (QED) is 0.566. The summed E-state index contributed by atoms with van der Waals surface area (Å²) in [4.78, 5) is 4.16. The highest BCUT2D eigenvalue weighted by Gasteiger charge is 2.30. The molecular weight excluding hydrogens is 278 g/mol. The van der Waals surface area contributed by atoms with Gasteiger partial charge >= 0.3 is 0 Å². The van der Waals surface area contributed by atoms with E-state index in [4.69, 9.17) is 5.84 Å². The average molecular weight is 297 g/mol. The van der Waals surface area contributed by atoms with Crippen LogP contribution in [-0.2, 0) is 10.0 Å². The summed E-state index contributed by atoms with van der Waals surface area (Å²) in [6.45, 7) is 5.56. The van der Waals surface area contributed by atoms with Crippen LogP contribution in [0.15, 0.2) is 29.4 Å². The van der Waals surface area contributed by atoms with Gasteiger partial charge in [-0.2, -0.15) is 0 Å². The van der Waals surface area contributed by atoms with Crippen molar-refractivity contribution >= 4 is 21.5 Å². The van der Waals surface area contributed by atoms with Crippen molar-refractivity contribution in [3.63, 3.8) is 0 Å². The van der Waals surface area contributed by atoms with Gasteiger partial charge in [0.25, 0.3) is 10.0 Å². The zero-order valence-corrected chi connectivity index (χ0v) is 12.5. The molecule has 20 heavy (non-hydrogen) atoms. The number of hydrogen-bond acceptors (Lipinski definition) is 5. The molecule has 0 atom stereocenters. The lowest BCUT2D eigenvalue weighted by Crippen LogP contribution is -2.43. The highest BCUT2D eigenvalue weighted by Crippen LogP contribution is 2.23. The molecule has 2 aromatic heterocycles. The van der Waals surface area contributed by atoms with Crippen LogP contribution in [0.1, 0.15) is 27.2 Å². The molecule has 0 bridgehead atoms. The van der Waals surface area contributed by atoms with Crippen molar-refractivity contribution in [3.8, 4) is 0 Å². The number of pyridine rings is 1. The lowest BCUT2D eigenvalue weighted by Gasteiger charge is -2.24. The molecule has 0 amide bonds. The summed E-state index contributed by atoms with van der Waals surface area (Å²) in [6, 6.07) is 5.23. The molecule has 0 radical (unpaired) electrons. The van der Waals surface area contributed by atoms with Crippen molar-refractivity contribution in [1.82, 2.24) is 14.1 Å². The number of nitrogens with two attached hydrogens (primary N) is 1. The van der Waals surface area contributed by atoms with Crippen molar-refractivity contribution in [2.45, 2.75) is 37.8 Å². The average Bonchev–Trinajstić information content (AvgIpc) is 2.76. The maximum Gasteiger partial charge on any atom is 0.260 e. The number of nitrogens with zero attached hydrogens (tertiary/aromatic N) is 2. The van der Waals surface area contributed by atoms with E-state index < -0.39 is 15.6 Å². The van der Waals surface area contributed by atoms with E-state index in [2.05, 4.69) is 15.1 Å². The van der Waals surface area contributed by atoms with Gasteiger partial charge in [0.2, 0.25) is 0 Å². The first-order valence-electron chi connectivity index (χ1n) is 6.28. The highest BCUT2D eigenvalue weighted by atomic mass is 32.2. The molecule has 4 N–H and O–H groups in total. The molecule has 0 aliphatic rings. The van der Waals surface area contributed by atoms with Crippen molar-refractivity contribution in [1.29, 1.82) is 0 Å². The molecule has 0 aliphatic heterocycles. The highest BCUT2D eigenvalue weighted by molar-refractivity contribution is 7.89. The summed E-state index contributed by atoms with van der Waals surface area (Å²) in [5.41, 5.74) is 2.30. The molecule has 8 heteroatoms. The normalized spacial score (nSPS) is 12.8. The lowest BCUT2D eigenvalue weighted by atomic mass is 10.0. The Labute approximate surface area is 118 Å². The number of aromatic nitrogens is 2. The number of hydrazine groups is 1. The van der Waals surface area contributed by atoms with Gasteiger partial charge in [0.1, 0.15) is 5.65 Å². The molecule has 0 aliphatic carbocycles. The van der Waals surface area contributed by atoms with Crippen LogP contribution in [0.25, 0.3) is 5.65 Å². The molecule has 2 heterocycles. The van der Waals surface area contributed by atoms with Gasteiger partial charge < -0.3 is 5.43 Å². The number of nitrogen functional groups attached to an aromatic ring is 1. The molecule has 110 valence electrons. The van der Waals surface area contributed by atoms with Gasteiger partial charge in [-0.25, -0.2) is 24.0 Å². The zero-order valence-electron chi connectivity index (χ0n) is 11.7. The second-order valence-electron chi connectivity index (χ2n) is 5.18. The molecule has 0 unspecified atom stereocenters. The number of hydrogen-bond donors (Lipinski definition) is 3. The predicted molar refractivity (Wildman–Crippen MR) is 77.7 cm³/mol. The van der Waals surface area contributed by atoms with Gasteiger partial charge in [0.15, 0.2) is 10.8 Å². The third kappa shape index (κ3) is 2.62. The SMILES string of the molecule is CCC(C)(C)NS(=O)(=O)c1c(NN)nc2ccccn12. The van der Waals surface area contributed by atoms with E-state index in [0.717, 1.165) is 0 Å². The van der Waals surface area contributed by atoms with E-state index in [1.807, 2.05) is 20.8 Å². The summed E-state index contributed by atoms with van der Waals surface area (Å²) in [5.74, 6) is 5.51. The van der Waals surface area contributed by atoms with Gasteiger partial charge in [-0.3, -0.25) is 4.40 Å². The van der Waals surface area contributed by atoms with Crippen molar-refractivity contribution < 1.29 is 8.42 Å². The second-order valence-corrected chi connectivity index (χ2v) is 6.78. The van der Waals surface area contributed by atoms with E-state index in [1.165, 1.54) is 4.40 Å². The molecule has 7 nitrogen and oxygen atoms in total. The van der Waals surface area contributed by atoms with Crippen LogP contribution in [0.3, 0.4) is 0 Å². The number of rotatable bonds is 5. The van der Waals surface area contributed by atoms with Crippen LogP contribution in [0, 0.1) is 0 Å². The number of imidazole rings is 1. The van der Waals surface area contributed by atoms with Gasteiger partial charge in [-0.05, 0) is 32.4 Å². The number of fused-ring (bicyclic) bond motifs is 1. The van der Waals surface area contributed by atoms with Crippen LogP contribution in [0.4, 0.5) is 5.82 Å². The van der Waals surface area contributed by atoms with Gasteiger partial charge in [-0.15, -0.1) is 0 Å². The fourth-order valence-electron chi connectivity index (χ4n) is 1.81. The van der Waals surface area contributed by atoms with E-state index in [1.54, 1.807) is 24.4 Å². The number of anilines is 1. The fraction of sp³-hybridized carbons (Fsp3) is 0.417. The molecular formula is C12H19N5O2S. The Morgan fingerprint density at radius 2 is 2.10 bits per heavy atom. The van der Waals surface area contributed by atoms with Crippen molar-refractivity contribution in [2.75, 3.05) is 5.43 Å². The topological polar surface area (TPSA) is 102 Å². The first-order chi connectivity index (χ1) is 9.30. The van der Waals surface area contributed by atoms with Crippen LogP contribution < -0.4 is 16.0 Å². The van der Waals surface area contributed by atoms with Crippen LogP contribution in [0.2, 0.25) is 0 Å². The third-order valence-electron chi connectivity index (χ3n) is 3.17. The molecule has 0 spiro atoms. The minimum Gasteiger partial charge on any atom is -0.306 e. The Balaban J connectivity index is 2.62. The van der Waals surface area contributed by atoms with Gasteiger partial charge in [0.05, 0.1) is 0 Å². The summed E-state index contributed by atoms with van der Waals surface area (Å²) in [5, 5.41) is 0.0112. The first-order valence-corrected chi connectivity index (χ1v) is 7.77. The fourth-order valence-corrected chi connectivity index (χ4v) is 3.55.